The standard InChI is InChI=1S/C18H22N2O/c1-3-20(16-11-7-8-14(2)12-16)18(21)17(19)13-15-9-5-4-6-10-15/h4-12,17H,3,13,19H2,1-2H3. The van der Waals surface area contributed by atoms with Crippen LogP contribution in [0.4, 0.5) is 5.69 Å². The number of hydrogen-bond acceptors (Lipinski definition) is 2. The Balaban J connectivity index is 2.12. The summed E-state index contributed by atoms with van der Waals surface area (Å²) in [5, 5.41) is 0. The molecule has 0 aliphatic carbocycles. The van der Waals surface area contributed by atoms with Gasteiger partial charge in [0.1, 0.15) is 0 Å². The van der Waals surface area contributed by atoms with Crippen LogP contribution >= 0.6 is 0 Å². The van der Waals surface area contributed by atoms with Gasteiger partial charge < -0.3 is 10.6 Å². The molecular weight excluding hydrogens is 260 g/mol. The first-order valence-corrected chi connectivity index (χ1v) is 7.29. The third-order valence-electron chi connectivity index (χ3n) is 3.51. The van der Waals surface area contributed by atoms with Crippen molar-refractivity contribution in [1.82, 2.24) is 0 Å². The second-order valence-corrected chi connectivity index (χ2v) is 5.22. The van der Waals surface area contributed by atoms with Gasteiger partial charge in [-0.25, -0.2) is 0 Å². The SMILES string of the molecule is CCN(C(=O)C(N)Cc1ccccc1)c1cccc(C)c1. The topological polar surface area (TPSA) is 46.3 Å². The number of nitrogens with zero attached hydrogens (tertiary/aromatic N) is 1. The van der Waals surface area contributed by atoms with Gasteiger partial charge in [-0.05, 0) is 43.5 Å². The zero-order valence-electron chi connectivity index (χ0n) is 12.6. The molecule has 3 heteroatoms. The lowest BCUT2D eigenvalue weighted by molar-refractivity contribution is -0.119. The minimum absolute atomic E-state index is 0.0352. The molecule has 0 spiro atoms. The molecule has 2 aromatic carbocycles. The fraction of sp³-hybridized carbons (Fsp3) is 0.278. The lowest BCUT2D eigenvalue weighted by Gasteiger charge is -2.25. The summed E-state index contributed by atoms with van der Waals surface area (Å²) in [6.07, 6.45) is 0.558. The number of rotatable bonds is 5. The maximum absolute atomic E-state index is 12.6. The van der Waals surface area contributed by atoms with Crippen LogP contribution in [0, 0.1) is 6.92 Å². The maximum Gasteiger partial charge on any atom is 0.244 e. The van der Waals surface area contributed by atoms with Gasteiger partial charge in [-0.2, -0.15) is 0 Å². The summed E-state index contributed by atoms with van der Waals surface area (Å²) in [4.78, 5) is 14.3. The van der Waals surface area contributed by atoms with Crippen molar-refractivity contribution in [3.8, 4) is 0 Å². The van der Waals surface area contributed by atoms with E-state index >= 15 is 0 Å². The van der Waals surface area contributed by atoms with Crippen LogP contribution in [0.1, 0.15) is 18.1 Å². The van der Waals surface area contributed by atoms with E-state index in [1.54, 1.807) is 4.90 Å². The van der Waals surface area contributed by atoms with Crippen LogP contribution < -0.4 is 10.6 Å². The lowest BCUT2D eigenvalue weighted by atomic mass is 10.1. The van der Waals surface area contributed by atoms with Crippen LogP contribution in [0.5, 0.6) is 0 Å². The van der Waals surface area contributed by atoms with Gasteiger partial charge in [-0.15, -0.1) is 0 Å². The summed E-state index contributed by atoms with van der Waals surface area (Å²) in [6, 6.07) is 17.3. The fourth-order valence-electron chi connectivity index (χ4n) is 2.42. The molecule has 1 unspecified atom stereocenters. The molecule has 0 heterocycles. The third kappa shape index (κ3) is 3.92. The van der Waals surface area contributed by atoms with Gasteiger partial charge in [-0.1, -0.05) is 42.5 Å². The molecule has 0 bridgehead atoms. The number of benzene rings is 2. The number of carbonyl (C=O) groups is 1. The maximum atomic E-state index is 12.6. The van der Waals surface area contributed by atoms with Crippen LogP contribution in [-0.2, 0) is 11.2 Å². The van der Waals surface area contributed by atoms with E-state index in [-0.39, 0.29) is 5.91 Å². The van der Waals surface area contributed by atoms with E-state index < -0.39 is 6.04 Å². The van der Waals surface area contributed by atoms with Crippen LogP contribution in [0.15, 0.2) is 54.6 Å². The Labute approximate surface area is 126 Å². The number of carbonyl (C=O) groups excluding carboxylic acids is 1. The summed E-state index contributed by atoms with van der Waals surface area (Å²) in [5.41, 5.74) is 9.23. The van der Waals surface area contributed by atoms with Gasteiger partial charge in [0.05, 0.1) is 6.04 Å². The summed E-state index contributed by atoms with van der Waals surface area (Å²) in [5.74, 6) is -0.0352. The smallest absolute Gasteiger partial charge is 0.244 e. The number of likely N-dealkylation sites (N-methyl/N-ethyl adjacent to an activating group) is 1. The van der Waals surface area contributed by atoms with Gasteiger partial charge >= 0.3 is 0 Å². The predicted molar refractivity (Wildman–Crippen MR) is 87.3 cm³/mol. The van der Waals surface area contributed by atoms with E-state index in [4.69, 9.17) is 5.73 Å². The molecule has 0 fully saturated rings. The Morgan fingerprint density at radius 1 is 1.14 bits per heavy atom. The van der Waals surface area contributed by atoms with Crippen molar-refractivity contribution >= 4 is 11.6 Å². The van der Waals surface area contributed by atoms with Gasteiger partial charge in [0.15, 0.2) is 0 Å². The summed E-state index contributed by atoms with van der Waals surface area (Å²) in [6.45, 7) is 4.60. The van der Waals surface area contributed by atoms with E-state index in [2.05, 4.69) is 0 Å². The summed E-state index contributed by atoms with van der Waals surface area (Å²) in [7, 11) is 0. The van der Waals surface area contributed by atoms with Gasteiger partial charge in [0.25, 0.3) is 0 Å². The predicted octanol–water partition coefficient (Wildman–Crippen LogP) is 2.92. The highest BCUT2D eigenvalue weighted by Crippen LogP contribution is 2.17. The number of aryl methyl sites for hydroxylation is 1. The molecule has 3 nitrogen and oxygen atoms in total. The highest BCUT2D eigenvalue weighted by molar-refractivity contribution is 5.97. The minimum atomic E-state index is -0.520. The minimum Gasteiger partial charge on any atom is -0.320 e. The molecule has 0 aromatic heterocycles. The Morgan fingerprint density at radius 3 is 2.48 bits per heavy atom. The van der Waals surface area contributed by atoms with Crippen molar-refractivity contribution < 1.29 is 4.79 Å². The molecule has 0 saturated heterocycles. The molecule has 2 N–H and O–H groups in total. The summed E-state index contributed by atoms with van der Waals surface area (Å²) < 4.78 is 0. The van der Waals surface area contributed by atoms with Crippen molar-refractivity contribution in [2.24, 2.45) is 5.73 Å². The molecule has 0 aliphatic rings. The second kappa shape index (κ2) is 7.04. The average molecular weight is 282 g/mol. The second-order valence-electron chi connectivity index (χ2n) is 5.22. The molecule has 21 heavy (non-hydrogen) atoms. The van der Waals surface area contributed by atoms with E-state index in [9.17, 15) is 4.79 Å². The van der Waals surface area contributed by atoms with Crippen LogP contribution in [0.2, 0.25) is 0 Å². The highest BCUT2D eigenvalue weighted by atomic mass is 16.2. The molecular formula is C18H22N2O. The summed E-state index contributed by atoms with van der Waals surface area (Å²) >= 11 is 0. The van der Waals surface area contributed by atoms with Crippen molar-refractivity contribution in [3.63, 3.8) is 0 Å². The monoisotopic (exact) mass is 282 g/mol. The number of anilines is 1. The van der Waals surface area contributed by atoms with Crippen LogP contribution in [0.25, 0.3) is 0 Å². The first-order valence-electron chi connectivity index (χ1n) is 7.29. The van der Waals surface area contributed by atoms with Gasteiger partial charge in [-0.3, -0.25) is 4.79 Å². The Morgan fingerprint density at radius 2 is 1.86 bits per heavy atom. The number of amides is 1. The highest BCUT2D eigenvalue weighted by Gasteiger charge is 2.21. The Bertz CT molecular complexity index is 595. The molecule has 0 aliphatic heterocycles. The van der Waals surface area contributed by atoms with Crippen molar-refractivity contribution in [1.29, 1.82) is 0 Å². The Kier molecular flexibility index (Phi) is 5.12. The van der Waals surface area contributed by atoms with E-state index in [0.29, 0.717) is 13.0 Å². The van der Waals surface area contributed by atoms with Gasteiger partial charge in [0, 0.05) is 12.2 Å². The van der Waals surface area contributed by atoms with Crippen LogP contribution in [-0.4, -0.2) is 18.5 Å². The first-order chi connectivity index (χ1) is 10.1. The van der Waals surface area contributed by atoms with E-state index in [0.717, 1.165) is 16.8 Å². The lowest BCUT2D eigenvalue weighted by Crippen LogP contribution is -2.45. The normalized spacial score (nSPS) is 12.0. The fourth-order valence-corrected chi connectivity index (χ4v) is 2.42. The van der Waals surface area contributed by atoms with E-state index in [1.807, 2.05) is 68.4 Å². The third-order valence-corrected chi connectivity index (χ3v) is 3.51. The van der Waals surface area contributed by atoms with E-state index in [1.165, 1.54) is 0 Å². The first kappa shape index (κ1) is 15.3. The number of nitrogens with two attached hydrogens (primary N) is 1. The average Bonchev–Trinajstić information content (AvgIpc) is 2.49. The largest absolute Gasteiger partial charge is 0.320 e. The molecule has 1 atom stereocenters. The van der Waals surface area contributed by atoms with Crippen LogP contribution in [0.3, 0.4) is 0 Å². The van der Waals surface area contributed by atoms with Crippen molar-refractivity contribution in [2.75, 3.05) is 11.4 Å². The van der Waals surface area contributed by atoms with Crippen molar-refractivity contribution in [2.45, 2.75) is 26.3 Å². The molecule has 1 amide bonds. The molecule has 2 aromatic rings. The van der Waals surface area contributed by atoms with Crippen molar-refractivity contribution in [3.05, 3.63) is 65.7 Å². The van der Waals surface area contributed by atoms with Gasteiger partial charge in [0.2, 0.25) is 5.91 Å². The zero-order valence-corrected chi connectivity index (χ0v) is 12.6. The molecule has 2 rings (SSSR count). The zero-order chi connectivity index (χ0) is 15.2. The molecule has 110 valence electrons. The molecule has 0 saturated carbocycles. The number of hydrogen-bond donors (Lipinski definition) is 1. The Hall–Kier alpha value is -2.13. The molecule has 0 radical (unpaired) electrons. The quantitative estimate of drug-likeness (QED) is 0.916.